The Labute approximate surface area is 107 Å². The molecule has 0 radical (unpaired) electrons. The number of halogens is 4. The number of nitrogens with one attached hydrogen (secondary N) is 1. The normalized spacial score (nSPS) is 10.4. The van der Waals surface area contributed by atoms with Crippen molar-refractivity contribution in [1.82, 2.24) is 0 Å². The Hall–Kier alpha value is -1.68. The molecular formula is C13H9ClF3N. The van der Waals surface area contributed by atoms with E-state index in [1.54, 1.807) is 0 Å². The van der Waals surface area contributed by atoms with Gasteiger partial charge in [-0.2, -0.15) is 0 Å². The summed E-state index contributed by atoms with van der Waals surface area (Å²) in [6.45, 7) is 0.151. The molecule has 0 amide bonds. The molecule has 0 atom stereocenters. The average molecular weight is 272 g/mol. The van der Waals surface area contributed by atoms with Crippen molar-refractivity contribution < 1.29 is 13.2 Å². The van der Waals surface area contributed by atoms with Gasteiger partial charge in [0, 0.05) is 6.54 Å². The molecule has 2 rings (SSSR count). The molecule has 0 aliphatic carbocycles. The largest absolute Gasteiger partial charge is 0.376 e. The van der Waals surface area contributed by atoms with Crippen LogP contribution < -0.4 is 5.32 Å². The van der Waals surface area contributed by atoms with E-state index in [2.05, 4.69) is 5.32 Å². The molecule has 1 nitrogen and oxygen atoms in total. The predicted octanol–water partition coefficient (Wildman–Crippen LogP) is 4.37. The minimum atomic E-state index is -0.678. The van der Waals surface area contributed by atoms with Crippen LogP contribution in [-0.4, -0.2) is 0 Å². The molecular weight excluding hydrogens is 263 g/mol. The molecule has 0 aliphatic heterocycles. The fourth-order valence-electron chi connectivity index (χ4n) is 1.51. The van der Waals surface area contributed by atoms with E-state index < -0.39 is 17.5 Å². The van der Waals surface area contributed by atoms with E-state index in [-0.39, 0.29) is 17.3 Å². The van der Waals surface area contributed by atoms with Crippen molar-refractivity contribution in [3.63, 3.8) is 0 Å². The van der Waals surface area contributed by atoms with E-state index in [0.29, 0.717) is 5.56 Å². The molecule has 94 valence electrons. The van der Waals surface area contributed by atoms with E-state index in [0.717, 1.165) is 12.1 Å². The lowest BCUT2D eigenvalue weighted by molar-refractivity contribution is 0.588. The smallest absolute Gasteiger partial charge is 0.149 e. The number of hydrogen-bond acceptors (Lipinski definition) is 1. The van der Waals surface area contributed by atoms with Gasteiger partial charge >= 0.3 is 0 Å². The van der Waals surface area contributed by atoms with Crippen molar-refractivity contribution in [3.05, 3.63) is 64.4 Å². The number of para-hydroxylation sites is 1. The maximum absolute atomic E-state index is 13.3. The summed E-state index contributed by atoms with van der Waals surface area (Å²) in [5.74, 6) is -1.89. The highest BCUT2D eigenvalue weighted by Crippen LogP contribution is 2.20. The fourth-order valence-corrected chi connectivity index (χ4v) is 1.71. The third kappa shape index (κ3) is 2.76. The van der Waals surface area contributed by atoms with Crippen molar-refractivity contribution in [2.75, 3.05) is 5.32 Å². The van der Waals surface area contributed by atoms with Gasteiger partial charge in [-0.1, -0.05) is 23.7 Å². The molecule has 0 saturated heterocycles. The second kappa shape index (κ2) is 5.31. The van der Waals surface area contributed by atoms with Gasteiger partial charge in [0.1, 0.15) is 23.1 Å². The fraction of sp³-hybridized carbons (Fsp3) is 0.0769. The first-order valence-electron chi connectivity index (χ1n) is 5.20. The molecule has 0 bridgehead atoms. The summed E-state index contributed by atoms with van der Waals surface area (Å²) in [4.78, 5) is 0. The highest BCUT2D eigenvalue weighted by molar-refractivity contribution is 6.30. The Morgan fingerprint density at radius 3 is 2.22 bits per heavy atom. The van der Waals surface area contributed by atoms with Gasteiger partial charge in [-0.05, 0) is 29.8 Å². The molecule has 0 heterocycles. The molecule has 2 aromatic carbocycles. The van der Waals surface area contributed by atoms with Crippen LogP contribution in [-0.2, 0) is 6.54 Å². The van der Waals surface area contributed by atoms with Crippen molar-refractivity contribution >= 4 is 17.3 Å². The molecule has 5 heteroatoms. The maximum atomic E-state index is 13.3. The topological polar surface area (TPSA) is 12.0 Å². The van der Waals surface area contributed by atoms with E-state index >= 15 is 0 Å². The van der Waals surface area contributed by atoms with Gasteiger partial charge in [0.2, 0.25) is 0 Å². The average Bonchev–Trinajstić information content (AvgIpc) is 2.33. The number of hydrogen-bond donors (Lipinski definition) is 1. The van der Waals surface area contributed by atoms with Crippen LogP contribution in [0.5, 0.6) is 0 Å². The molecule has 0 spiro atoms. The van der Waals surface area contributed by atoms with Crippen LogP contribution in [0, 0.1) is 17.5 Å². The summed E-state index contributed by atoms with van der Waals surface area (Å²) in [6, 6.07) is 7.70. The van der Waals surface area contributed by atoms with Gasteiger partial charge in [0.15, 0.2) is 0 Å². The monoisotopic (exact) mass is 271 g/mol. The number of rotatable bonds is 3. The first-order valence-corrected chi connectivity index (χ1v) is 5.57. The second-order valence-electron chi connectivity index (χ2n) is 3.70. The van der Waals surface area contributed by atoms with E-state index in [1.165, 1.54) is 24.3 Å². The summed E-state index contributed by atoms with van der Waals surface area (Å²) in [6.07, 6.45) is 0. The zero-order valence-electron chi connectivity index (χ0n) is 9.18. The first-order chi connectivity index (χ1) is 8.58. The van der Waals surface area contributed by atoms with E-state index in [9.17, 15) is 13.2 Å². The van der Waals surface area contributed by atoms with Gasteiger partial charge in [-0.25, -0.2) is 13.2 Å². The Kier molecular flexibility index (Phi) is 3.77. The lowest BCUT2D eigenvalue weighted by Gasteiger charge is -2.09. The highest BCUT2D eigenvalue weighted by Gasteiger charge is 2.08. The van der Waals surface area contributed by atoms with Gasteiger partial charge < -0.3 is 5.32 Å². The molecule has 0 saturated carbocycles. The lowest BCUT2D eigenvalue weighted by Crippen LogP contribution is -2.03. The Morgan fingerprint density at radius 2 is 1.61 bits per heavy atom. The van der Waals surface area contributed by atoms with Crippen LogP contribution in [0.1, 0.15) is 5.56 Å². The summed E-state index contributed by atoms with van der Waals surface area (Å²) in [5.41, 5.74) is 0.419. The van der Waals surface area contributed by atoms with Crippen LogP contribution in [0.3, 0.4) is 0 Å². The molecule has 0 aliphatic rings. The van der Waals surface area contributed by atoms with Crippen LogP contribution in [0.15, 0.2) is 36.4 Å². The molecule has 0 fully saturated rings. The van der Waals surface area contributed by atoms with Gasteiger partial charge in [-0.15, -0.1) is 0 Å². The highest BCUT2D eigenvalue weighted by atomic mass is 35.5. The third-order valence-electron chi connectivity index (χ3n) is 2.42. The van der Waals surface area contributed by atoms with Gasteiger partial charge in [0.05, 0.1) is 5.02 Å². The number of anilines is 1. The Bertz CT molecular complexity index is 552. The van der Waals surface area contributed by atoms with Gasteiger partial charge in [-0.3, -0.25) is 0 Å². The summed E-state index contributed by atoms with van der Waals surface area (Å²) in [7, 11) is 0. The zero-order valence-corrected chi connectivity index (χ0v) is 9.94. The molecule has 2 aromatic rings. The van der Waals surface area contributed by atoms with Gasteiger partial charge in [0.25, 0.3) is 0 Å². The van der Waals surface area contributed by atoms with Crippen molar-refractivity contribution in [1.29, 1.82) is 0 Å². The first kappa shape index (κ1) is 12.8. The lowest BCUT2D eigenvalue weighted by atomic mass is 10.2. The SMILES string of the molecule is Fc1ccc(CNc2c(F)cccc2F)cc1Cl. The van der Waals surface area contributed by atoms with Crippen molar-refractivity contribution in [2.24, 2.45) is 0 Å². The minimum Gasteiger partial charge on any atom is -0.376 e. The van der Waals surface area contributed by atoms with Crippen molar-refractivity contribution in [2.45, 2.75) is 6.54 Å². The third-order valence-corrected chi connectivity index (χ3v) is 2.71. The summed E-state index contributed by atoms with van der Waals surface area (Å²) < 4.78 is 39.5. The Balaban J connectivity index is 2.14. The van der Waals surface area contributed by atoms with Crippen molar-refractivity contribution in [3.8, 4) is 0 Å². The zero-order chi connectivity index (χ0) is 13.1. The van der Waals surface area contributed by atoms with E-state index in [4.69, 9.17) is 11.6 Å². The Morgan fingerprint density at radius 1 is 0.944 bits per heavy atom. The van der Waals surface area contributed by atoms with Crippen LogP contribution in [0.2, 0.25) is 5.02 Å². The quantitative estimate of drug-likeness (QED) is 0.874. The maximum Gasteiger partial charge on any atom is 0.149 e. The van der Waals surface area contributed by atoms with E-state index in [1.807, 2.05) is 0 Å². The second-order valence-corrected chi connectivity index (χ2v) is 4.11. The minimum absolute atomic E-state index is 0.0247. The van der Waals surface area contributed by atoms with Crippen LogP contribution >= 0.6 is 11.6 Å². The van der Waals surface area contributed by atoms with Crippen LogP contribution in [0.4, 0.5) is 18.9 Å². The standard InChI is InChI=1S/C13H9ClF3N/c14-9-6-8(4-5-10(9)15)7-18-13-11(16)2-1-3-12(13)17/h1-6,18H,7H2. The summed E-state index contributed by atoms with van der Waals surface area (Å²) in [5, 5.41) is 2.59. The molecule has 18 heavy (non-hydrogen) atoms. The number of benzene rings is 2. The molecule has 0 aromatic heterocycles. The molecule has 1 N–H and O–H groups in total. The van der Waals surface area contributed by atoms with Crippen LogP contribution in [0.25, 0.3) is 0 Å². The molecule has 0 unspecified atom stereocenters. The predicted molar refractivity (Wildman–Crippen MR) is 65.1 cm³/mol. The summed E-state index contributed by atoms with van der Waals surface area (Å²) >= 11 is 5.61.